The number of rotatable bonds is 6. The van der Waals surface area contributed by atoms with E-state index < -0.39 is 17.0 Å². The Hall–Kier alpha value is -2.60. The van der Waals surface area contributed by atoms with Crippen molar-refractivity contribution in [1.82, 2.24) is 0 Å². The van der Waals surface area contributed by atoms with Crippen LogP contribution in [0.15, 0.2) is 48.5 Å². The van der Waals surface area contributed by atoms with E-state index in [1.807, 2.05) is 0 Å². The largest absolute Gasteiger partial charge is 0.482 e. The number of ether oxygens (including phenoxy) is 2. The summed E-state index contributed by atoms with van der Waals surface area (Å²) in [5.74, 6) is -0.124. The Balaban J connectivity index is 1.92. The van der Waals surface area contributed by atoms with Crippen LogP contribution in [0.2, 0.25) is 5.02 Å². The molecule has 0 amide bonds. The van der Waals surface area contributed by atoms with Crippen LogP contribution in [0.4, 0.5) is 5.69 Å². The Morgan fingerprint density at radius 1 is 1.26 bits per heavy atom. The normalized spacial score (nSPS) is 11.6. The first kappa shape index (κ1) is 16.8. The fourth-order valence-electron chi connectivity index (χ4n) is 1.89. The Morgan fingerprint density at radius 2 is 2.00 bits per heavy atom. The number of hydrogen-bond donors (Lipinski definition) is 0. The average Bonchev–Trinajstić information content (AvgIpc) is 2.53. The van der Waals surface area contributed by atoms with Crippen LogP contribution in [-0.4, -0.2) is 17.5 Å². The van der Waals surface area contributed by atoms with Gasteiger partial charge < -0.3 is 9.47 Å². The molecule has 0 aliphatic heterocycles. The fraction of sp³-hybridized carbons (Fsp3) is 0.188. The summed E-state index contributed by atoms with van der Waals surface area (Å²) in [4.78, 5) is 22.0. The monoisotopic (exact) mass is 335 g/mol. The molecule has 7 heteroatoms. The van der Waals surface area contributed by atoms with Crippen molar-refractivity contribution in [1.29, 1.82) is 0 Å². The van der Waals surface area contributed by atoms with Crippen LogP contribution in [0.25, 0.3) is 0 Å². The molecule has 0 bridgehead atoms. The van der Waals surface area contributed by atoms with E-state index in [9.17, 15) is 14.9 Å². The molecular formula is C16H14ClNO5. The minimum absolute atomic E-state index is 0.0550. The Labute approximate surface area is 137 Å². The maximum absolute atomic E-state index is 11.8. The molecule has 0 heterocycles. The molecule has 6 nitrogen and oxygen atoms in total. The van der Waals surface area contributed by atoms with E-state index in [0.717, 1.165) is 0 Å². The van der Waals surface area contributed by atoms with Crippen molar-refractivity contribution in [3.63, 3.8) is 0 Å². The Bertz CT molecular complexity index is 719. The summed E-state index contributed by atoms with van der Waals surface area (Å²) < 4.78 is 10.5. The number of halogens is 1. The first-order valence-electron chi connectivity index (χ1n) is 6.78. The van der Waals surface area contributed by atoms with Crippen LogP contribution in [0.3, 0.4) is 0 Å². The van der Waals surface area contributed by atoms with Crippen LogP contribution in [0.5, 0.6) is 5.75 Å². The van der Waals surface area contributed by atoms with Crippen molar-refractivity contribution in [3.05, 3.63) is 69.2 Å². The molecule has 23 heavy (non-hydrogen) atoms. The van der Waals surface area contributed by atoms with Gasteiger partial charge in [0.25, 0.3) is 5.69 Å². The summed E-state index contributed by atoms with van der Waals surface area (Å²) in [6.07, 6.45) is -0.620. The highest BCUT2D eigenvalue weighted by molar-refractivity contribution is 6.30. The SMILES string of the molecule is C[C@H](OC(=O)COc1cccc(Cl)c1)c1cccc([N+](=O)[O-])c1. The number of hydrogen-bond acceptors (Lipinski definition) is 5. The summed E-state index contributed by atoms with van der Waals surface area (Å²) >= 11 is 5.81. The Morgan fingerprint density at radius 3 is 2.70 bits per heavy atom. The zero-order chi connectivity index (χ0) is 16.8. The van der Waals surface area contributed by atoms with Crippen LogP contribution in [0, 0.1) is 10.1 Å². The van der Waals surface area contributed by atoms with Crippen molar-refractivity contribution in [2.45, 2.75) is 13.0 Å². The van der Waals surface area contributed by atoms with Gasteiger partial charge in [0.1, 0.15) is 11.9 Å². The lowest BCUT2D eigenvalue weighted by atomic mass is 10.1. The summed E-state index contributed by atoms with van der Waals surface area (Å²) in [6, 6.07) is 12.6. The smallest absolute Gasteiger partial charge is 0.344 e. The third-order valence-corrected chi connectivity index (χ3v) is 3.25. The van der Waals surface area contributed by atoms with Crippen LogP contribution in [0.1, 0.15) is 18.6 Å². The highest BCUT2D eigenvalue weighted by Gasteiger charge is 2.15. The van der Waals surface area contributed by atoms with Crippen molar-refractivity contribution in [2.24, 2.45) is 0 Å². The lowest BCUT2D eigenvalue weighted by molar-refractivity contribution is -0.385. The van der Waals surface area contributed by atoms with Gasteiger partial charge in [-0.05, 0) is 30.7 Å². The maximum atomic E-state index is 11.8. The lowest BCUT2D eigenvalue weighted by Gasteiger charge is -2.14. The second kappa shape index (κ2) is 7.60. The van der Waals surface area contributed by atoms with Gasteiger partial charge in [-0.1, -0.05) is 29.8 Å². The standard InChI is InChI=1S/C16H14ClNO5/c1-11(12-4-2-6-14(8-12)18(20)21)23-16(19)10-22-15-7-3-5-13(17)9-15/h2-9,11H,10H2,1H3/t11-/m0/s1. The first-order chi connectivity index (χ1) is 11.0. The highest BCUT2D eigenvalue weighted by Crippen LogP contribution is 2.22. The molecule has 120 valence electrons. The van der Waals surface area contributed by atoms with Gasteiger partial charge in [0.05, 0.1) is 4.92 Å². The van der Waals surface area contributed by atoms with E-state index in [0.29, 0.717) is 16.3 Å². The zero-order valence-electron chi connectivity index (χ0n) is 12.3. The number of nitrogens with zero attached hydrogens (tertiary/aromatic N) is 1. The third kappa shape index (κ3) is 4.96. The fourth-order valence-corrected chi connectivity index (χ4v) is 2.07. The van der Waals surface area contributed by atoms with Crippen molar-refractivity contribution in [2.75, 3.05) is 6.61 Å². The number of non-ortho nitro benzene ring substituents is 1. The molecule has 0 saturated carbocycles. The topological polar surface area (TPSA) is 78.7 Å². The summed E-state index contributed by atoms with van der Waals surface area (Å²) in [5, 5.41) is 11.3. The lowest BCUT2D eigenvalue weighted by Crippen LogP contribution is -2.17. The number of esters is 1. The van der Waals surface area contributed by atoms with E-state index in [1.165, 1.54) is 12.1 Å². The minimum atomic E-state index is -0.620. The molecular weight excluding hydrogens is 322 g/mol. The van der Waals surface area contributed by atoms with Gasteiger partial charge in [0.2, 0.25) is 0 Å². The molecule has 0 radical (unpaired) electrons. The van der Waals surface area contributed by atoms with E-state index >= 15 is 0 Å². The van der Waals surface area contributed by atoms with Crippen molar-refractivity contribution < 1.29 is 19.2 Å². The molecule has 0 aliphatic carbocycles. The number of carbonyl (C=O) groups is 1. The van der Waals surface area contributed by atoms with E-state index in [4.69, 9.17) is 21.1 Å². The van der Waals surface area contributed by atoms with Gasteiger partial charge in [-0.15, -0.1) is 0 Å². The first-order valence-corrected chi connectivity index (χ1v) is 7.15. The van der Waals surface area contributed by atoms with Gasteiger partial charge in [0, 0.05) is 17.2 Å². The average molecular weight is 336 g/mol. The molecule has 0 saturated heterocycles. The molecule has 2 aromatic carbocycles. The number of benzene rings is 2. The summed E-state index contributed by atoms with van der Waals surface area (Å²) in [5.41, 5.74) is 0.482. The summed E-state index contributed by atoms with van der Waals surface area (Å²) in [7, 11) is 0. The van der Waals surface area contributed by atoms with E-state index in [2.05, 4.69) is 0 Å². The van der Waals surface area contributed by atoms with E-state index in [1.54, 1.807) is 43.3 Å². The molecule has 1 atom stereocenters. The molecule has 0 unspecified atom stereocenters. The predicted octanol–water partition coefficient (Wildman–Crippen LogP) is 3.93. The predicted molar refractivity (Wildman–Crippen MR) is 84.6 cm³/mol. The van der Waals surface area contributed by atoms with Crippen molar-refractivity contribution >= 4 is 23.3 Å². The molecule has 0 spiro atoms. The molecule has 0 N–H and O–H groups in total. The quantitative estimate of drug-likeness (QED) is 0.454. The van der Waals surface area contributed by atoms with Gasteiger partial charge in [0.15, 0.2) is 6.61 Å². The highest BCUT2D eigenvalue weighted by atomic mass is 35.5. The molecule has 0 fully saturated rings. The molecule has 0 aromatic heterocycles. The zero-order valence-corrected chi connectivity index (χ0v) is 13.0. The van der Waals surface area contributed by atoms with Crippen molar-refractivity contribution in [3.8, 4) is 5.75 Å². The second-order valence-electron chi connectivity index (χ2n) is 4.73. The van der Waals surface area contributed by atoms with E-state index in [-0.39, 0.29) is 12.3 Å². The maximum Gasteiger partial charge on any atom is 0.344 e. The second-order valence-corrected chi connectivity index (χ2v) is 5.17. The van der Waals surface area contributed by atoms with Gasteiger partial charge >= 0.3 is 5.97 Å². The van der Waals surface area contributed by atoms with Gasteiger partial charge in [-0.25, -0.2) is 4.79 Å². The minimum Gasteiger partial charge on any atom is -0.482 e. The molecule has 2 aromatic rings. The van der Waals surface area contributed by atoms with Crippen LogP contribution in [-0.2, 0) is 9.53 Å². The van der Waals surface area contributed by atoms with Gasteiger partial charge in [-0.3, -0.25) is 10.1 Å². The number of carbonyl (C=O) groups excluding carboxylic acids is 1. The number of nitro benzene ring substituents is 1. The Kier molecular flexibility index (Phi) is 5.54. The summed E-state index contributed by atoms with van der Waals surface area (Å²) in [6.45, 7) is 1.36. The third-order valence-electron chi connectivity index (χ3n) is 3.01. The number of nitro groups is 1. The molecule has 2 rings (SSSR count). The van der Waals surface area contributed by atoms with Crippen LogP contribution < -0.4 is 4.74 Å². The van der Waals surface area contributed by atoms with Gasteiger partial charge in [-0.2, -0.15) is 0 Å². The van der Waals surface area contributed by atoms with Crippen LogP contribution >= 0.6 is 11.6 Å². The molecule has 0 aliphatic rings.